The van der Waals surface area contributed by atoms with Crippen molar-refractivity contribution in [3.63, 3.8) is 0 Å². The number of aliphatic hydroxyl groups is 1. The molecule has 0 heterocycles. The molecule has 1 fully saturated rings. The fourth-order valence-electron chi connectivity index (χ4n) is 3.05. The summed E-state index contributed by atoms with van der Waals surface area (Å²) in [5.41, 5.74) is 1.23. The topological polar surface area (TPSA) is 65.9 Å². The van der Waals surface area contributed by atoms with Gasteiger partial charge in [0.1, 0.15) is 5.75 Å². The lowest BCUT2D eigenvalue weighted by Crippen LogP contribution is -2.41. The maximum absolute atomic E-state index is 10.4. The van der Waals surface area contributed by atoms with Gasteiger partial charge in [0.25, 0.3) is 0 Å². The van der Waals surface area contributed by atoms with E-state index in [1.165, 1.54) is 25.7 Å². The number of nitrogens with zero attached hydrogens (tertiary/aromatic N) is 1. The minimum atomic E-state index is -0.604. The number of aliphatic hydroxyl groups excluding tert-OH is 1. The van der Waals surface area contributed by atoms with Crippen LogP contribution in [-0.4, -0.2) is 37.8 Å². The van der Waals surface area contributed by atoms with Crippen LogP contribution in [-0.2, 0) is 0 Å². The van der Waals surface area contributed by atoms with Crippen LogP contribution in [0.25, 0.3) is 0 Å². The Morgan fingerprint density at radius 1 is 1.33 bits per heavy atom. The molecule has 134 valence electrons. The van der Waals surface area contributed by atoms with Gasteiger partial charge in [0.05, 0.1) is 13.2 Å². The van der Waals surface area contributed by atoms with Gasteiger partial charge in [0.2, 0.25) is 0 Å². The molecular weight excluding hydrogens is 302 g/mol. The molecule has 1 aromatic rings. The van der Waals surface area contributed by atoms with Crippen LogP contribution >= 0.6 is 0 Å². The summed E-state index contributed by atoms with van der Waals surface area (Å²) in [5.74, 6) is 1.53. The van der Waals surface area contributed by atoms with E-state index in [0.29, 0.717) is 12.0 Å². The fourth-order valence-corrected chi connectivity index (χ4v) is 3.05. The summed E-state index contributed by atoms with van der Waals surface area (Å²) in [4.78, 5) is 4.74. The van der Waals surface area contributed by atoms with Crippen molar-refractivity contribution >= 4 is 5.96 Å². The first-order valence-corrected chi connectivity index (χ1v) is 8.96. The van der Waals surface area contributed by atoms with E-state index in [0.717, 1.165) is 30.4 Å². The number of hydrogen-bond donors (Lipinski definition) is 3. The zero-order chi connectivity index (χ0) is 17.4. The monoisotopic (exact) mass is 333 g/mol. The van der Waals surface area contributed by atoms with Crippen LogP contribution in [0.2, 0.25) is 0 Å². The van der Waals surface area contributed by atoms with E-state index in [9.17, 15) is 5.11 Å². The molecule has 1 unspecified atom stereocenters. The second kappa shape index (κ2) is 8.92. The van der Waals surface area contributed by atoms with Gasteiger partial charge < -0.3 is 20.5 Å². The summed E-state index contributed by atoms with van der Waals surface area (Å²) in [7, 11) is 1.63. The van der Waals surface area contributed by atoms with Crippen LogP contribution in [0.15, 0.2) is 29.3 Å². The number of methoxy groups -OCH3 is 1. The van der Waals surface area contributed by atoms with Crippen LogP contribution in [0.1, 0.15) is 51.2 Å². The van der Waals surface area contributed by atoms with Crippen molar-refractivity contribution in [1.82, 2.24) is 10.6 Å². The van der Waals surface area contributed by atoms with E-state index in [2.05, 4.69) is 24.5 Å². The maximum atomic E-state index is 10.4. The van der Waals surface area contributed by atoms with Crippen molar-refractivity contribution in [3.8, 4) is 5.75 Å². The Balaban J connectivity index is 1.92. The van der Waals surface area contributed by atoms with Crippen molar-refractivity contribution in [1.29, 1.82) is 0 Å². The molecule has 0 aromatic heterocycles. The summed E-state index contributed by atoms with van der Waals surface area (Å²) < 4.78 is 5.21. The number of rotatable bonds is 8. The Morgan fingerprint density at radius 2 is 2.12 bits per heavy atom. The van der Waals surface area contributed by atoms with Gasteiger partial charge in [0.15, 0.2) is 5.96 Å². The first-order valence-electron chi connectivity index (χ1n) is 8.96. The average molecular weight is 333 g/mol. The molecule has 1 aliphatic rings. The first kappa shape index (κ1) is 18.6. The van der Waals surface area contributed by atoms with Crippen molar-refractivity contribution in [2.45, 2.75) is 45.6 Å². The smallest absolute Gasteiger partial charge is 0.191 e. The zero-order valence-corrected chi connectivity index (χ0v) is 15.1. The van der Waals surface area contributed by atoms with Crippen LogP contribution in [0.3, 0.4) is 0 Å². The molecule has 5 heteroatoms. The summed E-state index contributed by atoms with van der Waals surface area (Å²) in [6, 6.07) is 7.52. The number of ether oxygens (including phenoxy) is 1. The molecule has 5 nitrogen and oxygen atoms in total. The number of guanidine groups is 1. The summed E-state index contributed by atoms with van der Waals surface area (Å²) in [6.07, 6.45) is 4.45. The van der Waals surface area contributed by atoms with E-state index in [1.54, 1.807) is 7.11 Å². The molecule has 0 radical (unpaired) electrons. The highest BCUT2D eigenvalue weighted by molar-refractivity contribution is 5.79. The van der Waals surface area contributed by atoms with Gasteiger partial charge in [-0.15, -0.1) is 0 Å². The molecule has 1 aromatic carbocycles. The number of hydrogen-bond acceptors (Lipinski definition) is 3. The van der Waals surface area contributed by atoms with Gasteiger partial charge in [-0.25, -0.2) is 0 Å². The number of aliphatic imine (C=N–C) groups is 1. The van der Waals surface area contributed by atoms with Gasteiger partial charge in [-0.05, 0) is 49.3 Å². The number of nitrogens with one attached hydrogen (secondary N) is 2. The zero-order valence-electron chi connectivity index (χ0n) is 15.1. The molecule has 0 amide bonds. The standard InChI is InChI=1S/C19H31N3O2/c1-4-19(10-7-11-19)14-22-18(20-5-2)21-13-17(23)15-8-6-9-16(12-15)24-3/h6,8-9,12,17,23H,4-5,7,10-11,13-14H2,1-3H3,(H2,20,21,22). The molecule has 1 saturated carbocycles. The van der Waals surface area contributed by atoms with Gasteiger partial charge in [-0.2, -0.15) is 0 Å². The molecular formula is C19H31N3O2. The third-order valence-electron chi connectivity index (χ3n) is 5.02. The Hall–Kier alpha value is -1.75. The molecule has 0 aliphatic heterocycles. The van der Waals surface area contributed by atoms with Crippen molar-refractivity contribution in [3.05, 3.63) is 29.8 Å². The Kier molecular flexibility index (Phi) is 6.91. The second-order valence-electron chi connectivity index (χ2n) is 6.58. The largest absolute Gasteiger partial charge is 0.497 e. The van der Waals surface area contributed by atoms with Crippen LogP contribution in [0, 0.1) is 5.41 Å². The number of benzene rings is 1. The van der Waals surface area contributed by atoms with E-state index < -0.39 is 6.10 Å². The van der Waals surface area contributed by atoms with Gasteiger partial charge in [-0.1, -0.05) is 25.5 Å². The maximum Gasteiger partial charge on any atom is 0.191 e. The predicted octanol–water partition coefficient (Wildman–Crippen LogP) is 2.86. The lowest BCUT2D eigenvalue weighted by Gasteiger charge is -2.40. The van der Waals surface area contributed by atoms with Crippen LogP contribution in [0.5, 0.6) is 5.75 Å². The highest BCUT2D eigenvalue weighted by Gasteiger charge is 2.34. The Morgan fingerprint density at radius 3 is 2.71 bits per heavy atom. The van der Waals surface area contributed by atoms with Gasteiger partial charge in [-0.3, -0.25) is 4.99 Å². The second-order valence-corrected chi connectivity index (χ2v) is 6.58. The SMILES string of the molecule is CCNC(=NCC1(CC)CCC1)NCC(O)c1cccc(OC)c1. The molecule has 0 spiro atoms. The van der Waals surface area contributed by atoms with Crippen molar-refractivity contribution in [2.75, 3.05) is 26.7 Å². The normalized spacial score (nSPS) is 17.8. The first-order chi connectivity index (χ1) is 11.6. The van der Waals surface area contributed by atoms with E-state index in [4.69, 9.17) is 9.73 Å². The summed E-state index contributed by atoms with van der Waals surface area (Å²) in [5, 5.41) is 16.9. The Labute approximate surface area is 145 Å². The molecule has 3 N–H and O–H groups in total. The lowest BCUT2D eigenvalue weighted by molar-refractivity contribution is 0.139. The van der Waals surface area contributed by atoms with Crippen LogP contribution < -0.4 is 15.4 Å². The highest BCUT2D eigenvalue weighted by atomic mass is 16.5. The Bertz CT molecular complexity index is 536. The van der Waals surface area contributed by atoms with Crippen molar-refractivity contribution in [2.24, 2.45) is 10.4 Å². The quantitative estimate of drug-likeness (QED) is 0.505. The van der Waals surface area contributed by atoms with E-state index in [-0.39, 0.29) is 0 Å². The molecule has 1 aliphatic carbocycles. The molecule has 0 saturated heterocycles. The molecule has 1 atom stereocenters. The predicted molar refractivity (Wildman–Crippen MR) is 98.5 cm³/mol. The van der Waals surface area contributed by atoms with Crippen molar-refractivity contribution < 1.29 is 9.84 Å². The summed E-state index contributed by atoms with van der Waals surface area (Å²) >= 11 is 0. The van der Waals surface area contributed by atoms with Gasteiger partial charge in [0, 0.05) is 19.6 Å². The third-order valence-corrected chi connectivity index (χ3v) is 5.02. The minimum absolute atomic E-state index is 0.397. The average Bonchev–Trinajstić information content (AvgIpc) is 2.58. The van der Waals surface area contributed by atoms with Crippen LogP contribution in [0.4, 0.5) is 0 Å². The lowest BCUT2D eigenvalue weighted by atomic mass is 9.67. The molecule has 0 bridgehead atoms. The minimum Gasteiger partial charge on any atom is -0.497 e. The molecule has 2 rings (SSSR count). The van der Waals surface area contributed by atoms with E-state index in [1.807, 2.05) is 24.3 Å². The summed E-state index contributed by atoms with van der Waals surface area (Å²) in [6.45, 7) is 6.38. The molecule has 24 heavy (non-hydrogen) atoms. The highest BCUT2D eigenvalue weighted by Crippen LogP contribution is 2.43. The van der Waals surface area contributed by atoms with E-state index >= 15 is 0 Å². The third kappa shape index (κ3) is 4.87. The fraction of sp³-hybridized carbons (Fsp3) is 0.632. The van der Waals surface area contributed by atoms with Gasteiger partial charge >= 0.3 is 0 Å².